The molecule has 0 atom stereocenters. The predicted molar refractivity (Wildman–Crippen MR) is 81.1 cm³/mol. The quantitative estimate of drug-likeness (QED) is 0.675. The molecule has 0 unspecified atom stereocenters. The first-order valence-electron chi connectivity index (χ1n) is 6.88. The summed E-state index contributed by atoms with van der Waals surface area (Å²) < 4.78 is 17.2. The van der Waals surface area contributed by atoms with Crippen molar-refractivity contribution in [3.63, 3.8) is 0 Å². The van der Waals surface area contributed by atoms with E-state index in [0.717, 1.165) is 27.9 Å². The van der Waals surface area contributed by atoms with Gasteiger partial charge < -0.3 is 9.13 Å². The van der Waals surface area contributed by atoms with Gasteiger partial charge in [-0.2, -0.15) is 0 Å². The number of carbonyl (C=O) groups excluding carboxylic acids is 1. The lowest BCUT2D eigenvalue weighted by atomic mass is 10.1. The Hall–Kier alpha value is -2.36. The smallest absolute Gasteiger partial charge is 0.184 e. The van der Waals surface area contributed by atoms with E-state index in [0.29, 0.717) is 0 Å². The Kier molecular flexibility index (Phi) is 3.16. The second kappa shape index (κ2) is 4.88. The summed E-state index contributed by atoms with van der Waals surface area (Å²) in [6.07, 6.45) is 1.83. The molecule has 0 fully saturated rings. The van der Waals surface area contributed by atoms with Crippen LogP contribution in [-0.4, -0.2) is 14.9 Å². The van der Waals surface area contributed by atoms with E-state index in [-0.39, 0.29) is 18.1 Å². The van der Waals surface area contributed by atoms with E-state index in [1.54, 1.807) is 10.6 Å². The maximum atomic E-state index is 13.4. The second-order valence-corrected chi connectivity index (χ2v) is 5.41. The van der Waals surface area contributed by atoms with Crippen LogP contribution in [0.3, 0.4) is 0 Å². The predicted octanol–water partition coefficient (Wildman–Crippen LogP) is 3.62. The first-order chi connectivity index (χ1) is 9.97. The molecule has 0 aliphatic rings. The first-order valence-corrected chi connectivity index (χ1v) is 6.88. The lowest BCUT2D eigenvalue weighted by molar-refractivity contribution is 0.0973. The van der Waals surface area contributed by atoms with Gasteiger partial charge in [-0.1, -0.05) is 0 Å². The van der Waals surface area contributed by atoms with Gasteiger partial charge in [-0.15, -0.1) is 0 Å². The summed E-state index contributed by atoms with van der Waals surface area (Å²) in [6.45, 7) is 4.13. The molecule has 0 aliphatic carbocycles. The fourth-order valence-corrected chi connectivity index (χ4v) is 2.67. The van der Waals surface area contributed by atoms with E-state index >= 15 is 0 Å². The number of hydrogen-bond acceptors (Lipinski definition) is 1. The Morgan fingerprint density at radius 2 is 1.95 bits per heavy atom. The van der Waals surface area contributed by atoms with Crippen LogP contribution in [0.1, 0.15) is 21.7 Å². The topological polar surface area (TPSA) is 26.9 Å². The van der Waals surface area contributed by atoms with Gasteiger partial charge in [0, 0.05) is 30.2 Å². The standard InChI is InChI=1S/C17H17FN2O/c1-11-8-15(12(2)19(11)3)17(21)10-20-7-6-13-4-5-14(18)9-16(13)20/h4-9H,10H2,1-3H3. The van der Waals surface area contributed by atoms with Crippen molar-refractivity contribution in [2.75, 3.05) is 0 Å². The van der Waals surface area contributed by atoms with Crippen molar-refractivity contribution in [3.8, 4) is 0 Å². The van der Waals surface area contributed by atoms with Gasteiger partial charge in [0.2, 0.25) is 0 Å². The second-order valence-electron chi connectivity index (χ2n) is 5.41. The minimum atomic E-state index is -0.290. The molecule has 21 heavy (non-hydrogen) atoms. The Morgan fingerprint density at radius 3 is 2.62 bits per heavy atom. The van der Waals surface area contributed by atoms with Crippen LogP contribution in [-0.2, 0) is 13.6 Å². The molecule has 0 radical (unpaired) electrons. The van der Waals surface area contributed by atoms with Crippen molar-refractivity contribution in [2.24, 2.45) is 7.05 Å². The summed E-state index contributed by atoms with van der Waals surface area (Å²) in [6, 6.07) is 8.42. The Bertz CT molecular complexity index is 842. The third-order valence-corrected chi connectivity index (χ3v) is 4.13. The highest BCUT2D eigenvalue weighted by Crippen LogP contribution is 2.19. The van der Waals surface area contributed by atoms with Crippen LogP contribution in [0.5, 0.6) is 0 Å². The summed E-state index contributed by atoms with van der Waals surface area (Å²) in [5.74, 6) is -0.250. The molecular weight excluding hydrogens is 267 g/mol. The molecule has 0 aliphatic heterocycles. The maximum Gasteiger partial charge on any atom is 0.184 e. The number of aryl methyl sites for hydroxylation is 1. The number of Topliss-reactive ketones (excluding diaryl/α,β-unsaturated/α-hetero) is 1. The van der Waals surface area contributed by atoms with E-state index in [9.17, 15) is 9.18 Å². The molecule has 3 nitrogen and oxygen atoms in total. The van der Waals surface area contributed by atoms with Crippen molar-refractivity contribution in [2.45, 2.75) is 20.4 Å². The summed E-state index contributed by atoms with van der Waals surface area (Å²) in [7, 11) is 1.95. The van der Waals surface area contributed by atoms with E-state index in [2.05, 4.69) is 0 Å². The number of fused-ring (bicyclic) bond motifs is 1. The normalized spacial score (nSPS) is 11.2. The van der Waals surface area contributed by atoms with Gasteiger partial charge >= 0.3 is 0 Å². The van der Waals surface area contributed by atoms with Crippen molar-refractivity contribution in [1.82, 2.24) is 9.13 Å². The lowest BCUT2D eigenvalue weighted by Gasteiger charge is -2.06. The molecule has 108 valence electrons. The average Bonchev–Trinajstić information content (AvgIpc) is 2.95. The van der Waals surface area contributed by atoms with E-state index in [1.807, 2.05) is 43.8 Å². The number of benzene rings is 1. The van der Waals surface area contributed by atoms with Gasteiger partial charge in [0.25, 0.3) is 0 Å². The molecule has 2 aromatic heterocycles. The minimum absolute atomic E-state index is 0.0398. The molecule has 0 saturated heterocycles. The fraction of sp³-hybridized carbons (Fsp3) is 0.235. The summed E-state index contributed by atoms with van der Waals surface area (Å²) >= 11 is 0. The molecule has 4 heteroatoms. The van der Waals surface area contributed by atoms with Crippen LogP contribution in [0.15, 0.2) is 36.5 Å². The van der Waals surface area contributed by atoms with Crippen molar-refractivity contribution >= 4 is 16.7 Å². The molecule has 3 rings (SSSR count). The molecule has 2 heterocycles. The summed E-state index contributed by atoms with van der Waals surface area (Å²) in [4.78, 5) is 12.5. The SMILES string of the molecule is Cc1cc(C(=O)Cn2ccc3ccc(F)cc32)c(C)n1C. The van der Waals surface area contributed by atoms with Crippen LogP contribution in [0.4, 0.5) is 4.39 Å². The lowest BCUT2D eigenvalue weighted by Crippen LogP contribution is -2.10. The molecule has 0 spiro atoms. The van der Waals surface area contributed by atoms with E-state index in [1.165, 1.54) is 12.1 Å². The summed E-state index contributed by atoms with van der Waals surface area (Å²) in [5.41, 5.74) is 3.49. The molecule has 0 amide bonds. The number of rotatable bonds is 3. The zero-order valence-corrected chi connectivity index (χ0v) is 12.4. The molecule has 3 aromatic rings. The van der Waals surface area contributed by atoms with Crippen molar-refractivity contribution in [3.05, 3.63) is 59.3 Å². The van der Waals surface area contributed by atoms with Crippen LogP contribution >= 0.6 is 0 Å². The fourth-order valence-electron chi connectivity index (χ4n) is 2.67. The van der Waals surface area contributed by atoms with Crippen molar-refractivity contribution < 1.29 is 9.18 Å². The molecule has 0 bridgehead atoms. The first kappa shape index (κ1) is 13.6. The largest absolute Gasteiger partial charge is 0.351 e. The van der Waals surface area contributed by atoms with Gasteiger partial charge in [0.15, 0.2) is 5.78 Å². The number of halogens is 1. The van der Waals surface area contributed by atoms with Gasteiger partial charge in [0.05, 0.1) is 12.1 Å². The highest BCUT2D eigenvalue weighted by atomic mass is 19.1. The Morgan fingerprint density at radius 1 is 1.19 bits per heavy atom. The van der Waals surface area contributed by atoms with Crippen LogP contribution in [0.25, 0.3) is 10.9 Å². The van der Waals surface area contributed by atoms with Gasteiger partial charge in [-0.05, 0) is 49.6 Å². The summed E-state index contributed by atoms with van der Waals surface area (Å²) in [5, 5.41) is 0.935. The number of ketones is 1. The highest BCUT2D eigenvalue weighted by molar-refractivity contribution is 5.98. The molecular formula is C17H17FN2O. The maximum absolute atomic E-state index is 13.4. The zero-order chi connectivity index (χ0) is 15.1. The average molecular weight is 284 g/mol. The van der Waals surface area contributed by atoms with Crippen LogP contribution in [0, 0.1) is 19.7 Å². The number of aromatic nitrogens is 2. The van der Waals surface area contributed by atoms with Crippen LogP contribution < -0.4 is 0 Å². The van der Waals surface area contributed by atoms with Crippen molar-refractivity contribution in [1.29, 1.82) is 0 Å². The number of hydrogen-bond donors (Lipinski definition) is 0. The third kappa shape index (κ3) is 2.27. The van der Waals surface area contributed by atoms with Crippen LogP contribution in [0.2, 0.25) is 0 Å². The monoisotopic (exact) mass is 284 g/mol. The Labute approximate surface area is 122 Å². The number of nitrogens with zero attached hydrogens (tertiary/aromatic N) is 2. The van der Waals surface area contributed by atoms with Gasteiger partial charge in [-0.25, -0.2) is 4.39 Å². The molecule has 0 saturated carbocycles. The highest BCUT2D eigenvalue weighted by Gasteiger charge is 2.15. The van der Waals surface area contributed by atoms with Gasteiger partial charge in [0.1, 0.15) is 5.82 Å². The number of carbonyl (C=O) groups is 1. The van der Waals surface area contributed by atoms with E-state index < -0.39 is 0 Å². The van der Waals surface area contributed by atoms with Gasteiger partial charge in [-0.3, -0.25) is 4.79 Å². The molecule has 1 aromatic carbocycles. The third-order valence-electron chi connectivity index (χ3n) is 4.13. The van der Waals surface area contributed by atoms with E-state index in [4.69, 9.17) is 0 Å². The minimum Gasteiger partial charge on any atom is -0.351 e. The molecule has 0 N–H and O–H groups in total. The zero-order valence-electron chi connectivity index (χ0n) is 12.4. The Balaban J connectivity index is 1.96.